The van der Waals surface area contributed by atoms with Crippen LogP contribution in [-0.2, 0) is 11.3 Å². The van der Waals surface area contributed by atoms with Gasteiger partial charge in [-0.2, -0.15) is 13.2 Å². The predicted molar refractivity (Wildman–Crippen MR) is 110 cm³/mol. The van der Waals surface area contributed by atoms with Gasteiger partial charge in [0.05, 0.1) is 19.7 Å². The van der Waals surface area contributed by atoms with Gasteiger partial charge in [-0.15, -0.1) is 0 Å². The topological polar surface area (TPSA) is 58.1 Å². The minimum absolute atomic E-state index is 0.252. The van der Waals surface area contributed by atoms with Crippen LogP contribution < -0.4 is 15.4 Å². The van der Waals surface area contributed by atoms with E-state index >= 15 is 0 Å². The Morgan fingerprint density at radius 1 is 1.21 bits per heavy atom. The summed E-state index contributed by atoms with van der Waals surface area (Å²) in [7, 11) is 3.10. The van der Waals surface area contributed by atoms with Crippen LogP contribution in [0.4, 0.5) is 13.2 Å². The number of methoxy groups -OCH3 is 1. The van der Waals surface area contributed by atoms with Gasteiger partial charge in [-0.25, -0.2) is 4.99 Å². The van der Waals surface area contributed by atoms with Crippen molar-refractivity contribution in [1.29, 1.82) is 0 Å². The molecule has 0 aromatic heterocycles. The lowest BCUT2D eigenvalue weighted by atomic mass is 10.1. The second-order valence-electron chi connectivity index (χ2n) is 6.78. The monoisotopic (exact) mass is 418 g/mol. The minimum Gasteiger partial charge on any atom is -0.493 e. The zero-order valence-corrected chi connectivity index (χ0v) is 17.7. The van der Waals surface area contributed by atoms with Gasteiger partial charge in [0.25, 0.3) is 0 Å². The first-order valence-electron chi connectivity index (χ1n) is 9.74. The standard InChI is InChI=1S/C20H33F3N4O2/c1-5-24-19(25-9-10-27(3)15-20(21,22)23)26-14-17-8-7-16(2)13-18(17)29-12-6-11-28-4/h7-8,13H,5-6,9-12,14-15H2,1-4H3,(H2,24,25,26). The zero-order valence-electron chi connectivity index (χ0n) is 17.7. The molecule has 0 spiro atoms. The first-order valence-corrected chi connectivity index (χ1v) is 9.74. The number of aryl methyl sites for hydroxylation is 1. The molecule has 0 fully saturated rings. The van der Waals surface area contributed by atoms with Crippen LogP contribution in [-0.4, -0.2) is 70.6 Å². The van der Waals surface area contributed by atoms with E-state index in [9.17, 15) is 13.2 Å². The number of aliphatic imine (C=N–C) groups is 1. The highest BCUT2D eigenvalue weighted by atomic mass is 19.4. The SMILES string of the molecule is CCNC(=NCc1ccc(C)cc1OCCCOC)NCCN(C)CC(F)(F)F. The number of ether oxygens (including phenoxy) is 2. The van der Waals surface area contributed by atoms with Crippen molar-refractivity contribution in [2.24, 2.45) is 4.99 Å². The molecule has 0 bridgehead atoms. The number of nitrogens with zero attached hydrogens (tertiary/aromatic N) is 2. The number of hydrogen-bond donors (Lipinski definition) is 2. The molecule has 0 aliphatic carbocycles. The van der Waals surface area contributed by atoms with E-state index in [1.165, 1.54) is 11.9 Å². The lowest BCUT2D eigenvalue weighted by Crippen LogP contribution is -2.42. The van der Waals surface area contributed by atoms with Crippen LogP contribution in [0, 0.1) is 6.92 Å². The molecule has 166 valence electrons. The second kappa shape index (κ2) is 13.3. The molecule has 1 aromatic rings. The van der Waals surface area contributed by atoms with Gasteiger partial charge < -0.3 is 20.1 Å². The van der Waals surface area contributed by atoms with E-state index in [2.05, 4.69) is 15.6 Å². The molecule has 0 saturated carbocycles. The third-order valence-electron chi connectivity index (χ3n) is 3.96. The highest BCUT2D eigenvalue weighted by Crippen LogP contribution is 2.21. The molecule has 0 heterocycles. The molecule has 29 heavy (non-hydrogen) atoms. The number of hydrogen-bond acceptors (Lipinski definition) is 4. The number of guanidine groups is 1. The van der Waals surface area contributed by atoms with Crippen molar-refractivity contribution in [1.82, 2.24) is 15.5 Å². The summed E-state index contributed by atoms with van der Waals surface area (Å²) in [5, 5.41) is 6.18. The number of alkyl halides is 3. The molecule has 0 aliphatic rings. The van der Waals surface area contributed by atoms with E-state index in [4.69, 9.17) is 9.47 Å². The van der Waals surface area contributed by atoms with Crippen molar-refractivity contribution in [3.63, 3.8) is 0 Å². The Labute approximate surface area is 171 Å². The van der Waals surface area contributed by atoms with E-state index in [0.29, 0.717) is 38.8 Å². The van der Waals surface area contributed by atoms with Crippen molar-refractivity contribution < 1.29 is 22.6 Å². The maximum absolute atomic E-state index is 12.4. The van der Waals surface area contributed by atoms with Crippen LogP contribution in [0.15, 0.2) is 23.2 Å². The molecule has 0 aliphatic heterocycles. The van der Waals surface area contributed by atoms with E-state index < -0.39 is 12.7 Å². The number of nitrogens with one attached hydrogen (secondary N) is 2. The van der Waals surface area contributed by atoms with Gasteiger partial charge in [0.1, 0.15) is 5.75 Å². The fourth-order valence-electron chi connectivity index (χ4n) is 2.57. The summed E-state index contributed by atoms with van der Waals surface area (Å²) in [6.07, 6.45) is -3.40. The molecular weight excluding hydrogens is 385 g/mol. The molecule has 9 heteroatoms. The fraction of sp³-hybridized carbons (Fsp3) is 0.650. The molecule has 2 N–H and O–H groups in total. The third-order valence-corrected chi connectivity index (χ3v) is 3.96. The van der Waals surface area contributed by atoms with Gasteiger partial charge in [-0.1, -0.05) is 12.1 Å². The number of likely N-dealkylation sites (N-methyl/N-ethyl adjacent to an activating group) is 1. The van der Waals surface area contributed by atoms with E-state index in [-0.39, 0.29) is 6.54 Å². The molecular formula is C20H33F3N4O2. The summed E-state index contributed by atoms with van der Waals surface area (Å²) in [4.78, 5) is 5.76. The van der Waals surface area contributed by atoms with Crippen LogP contribution in [0.3, 0.4) is 0 Å². The lowest BCUT2D eigenvalue weighted by Gasteiger charge is -2.19. The van der Waals surface area contributed by atoms with Crippen molar-refractivity contribution >= 4 is 5.96 Å². The average molecular weight is 419 g/mol. The molecule has 1 aromatic carbocycles. The molecule has 0 radical (unpaired) electrons. The average Bonchev–Trinajstić information content (AvgIpc) is 2.63. The number of benzene rings is 1. The molecule has 1 rings (SSSR count). The van der Waals surface area contributed by atoms with Gasteiger partial charge in [-0.3, -0.25) is 4.90 Å². The Balaban J connectivity index is 2.65. The van der Waals surface area contributed by atoms with Crippen molar-refractivity contribution in [2.75, 3.05) is 53.6 Å². The molecule has 0 atom stereocenters. The van der Waals surface area contributed by atoms with Crippen LogP contribution in [0.5, 0.6) is 5.75 Å². The lowest BCUT2D eigenvalue weighted by molar-refractivity contribution is -0.142. The summed E-state index contributed by atoms with van der Waals surface area (Å²) in [5.41, 5.74) is 2.04. The first-order chi connectivity index (χ1) is 13.7. The van der Waals surface area contributed by atoms with E-state index in [1.54, 1.807) is 7.11 Å². The highest BCUT2D eigenvalue weighted by molar-refractivity contribution is 5.79. The maximum atomic E-state index is 12.4. The Morgan fingerprint density at radius 3 is 2.62 bits per heavy atom. The Bertz CT molecular complexity index is 624. The summed E-state index contributed by atoms with van der Waals surface area (Å²) >= 11 is 0. The van der Waals surface area contributed by atoms with Gasteiger partial charge in [0.15, 0.2) is 5.96 Å². The summed E-state index contributed by atoms with van der Waals surface area (Å²) in [5.74, 6) is 1.34. The molecule has 0 unspecified atom stereocenters. The smallest absolute Gasteiger partial charge is 0.401 e. The van der Waals surface area contributed by atoms with E-state index in [0.717, 1.165) is 23.3 Å². The number of rotatable bonds is 12. The van der Waals surface area contributed by atoms with Crippen LogP contribution >= 0.6 is 0 Å². The molecule has 0 saturated heterocycles. The first kappa shape index (κ1) is 25.0. The zero-order chi connectivity index (χ0) is 21.7. The van der Waals surface area contributed by atoms with Gasteiger partial charge in [0, 0.05) is 45.3 Å². The largest absolute Gasteiger partial charge is 0.493 e. The molecule has 0 amide bonds. The van der Waals surface area contributed by atoms with Crippen molar-refractivity contribution in [3.8, 4) is 5.75 Å². The summed E-state index contributed by atoms with van der Waals surface area (Å²) < 4.78 is 48.1. The normalized spacial score (nSPS) is 12.3. The minimum atomic E-state index is -4.20. The Kier molecular flexibility index (Phi) is 11.5. The third kappa shape index (κ3) is 11.6. The maximum Gasteiger partial charge on any atom is 0.401 e. The highest BCUT2D eigenvalue weighted by Gasteiger charge is 2.28. The van der Waals surface area contributed by atoms with Crippen LogP contribution in [0.2, 0.25) is 0 Å². The number of halogens is 3. The Morgan fingerprint density at radius 2 is 1.97 bits per heavy atom. The second-order valence-corrected chi connectivity index (χ2v) is 6.78. The Hall–Kier alpha value is -2.00. The van der Waals surface area contributed by atoms with Crippen LogP contribution in [0.1, 0.15) is 24.5 Å². The van der Waals surface area contributed by atoms with E-state index in [1.807, 2.05) is 32.0 Å². The van der Waals surface area contributed by atoms with Gasteiger partial charge in [-0.05, 0) is 32.5 Å². The quantitative estimate of drug-likeness (QED) is 0.311. The summed E-state index contributed by atoms with van der Waals surface area (Å²) in [6.45, 7) is 5.84. The van der Waals surface area contributed by atoms with Crippen molar-refractivity contribution in [2.45, 2.75) is 33.0 Å². The predicted octanol–water partition coefficient (Wildman–Crippen LogP) is 2.96. The summed E-state index contributed by atoms with van der Waals surface area (Å²) in [6, 6.07) is 5.95. The van der Waals surface area contributed by atoms with Gasteiger partial charge >= 0.3 is 6.18 Å². The van der Waals surface area contributed by atoms with Crippen LogP contribution in [0.25, 0.3) is 0 Å². The fourth-order valence-corrected chi connectivity index (χ4v) is 2.57. The van der Waals surface area contributed by atoms with Gasteiger partial charge in [0.2, 0.25) is 0 Å². The van der Waals surface area contributed by atoms with Crippen molar-refractivity contribution in [3.05, 3.63) is 29.3 Å². The molecule has 6 nitrogen and oxygen atoms in total.